The number of nitrogens with zero attached hydrogens (tertiary/aromatic N) is 4. The number of hydrogen-bond acceptors (Lipinski definition) is 4. The second-order valence-electron chi connectivity index (χ2n) is 5.39. The van der Waals surface area contributed by atoms with Gasteiger partial charge in [0.15, 0.2) is 0 Å². The summed E-state index contributed by atoms with van der Waals surface area (Å²) in [5.41, 5.74) is 3.36. The molecule has 0 aliphatic rings. The molecule has 0 bridgehead atoms. The number of aromatic amines is 1. The van der Waals surface area contributed by atoms with Crippen LogP contribution in [-0.2, 0) is 6.54 Å². The summed E-state index contributed by atoms with van der Waals surface area (Å²) in [5.74, 6) is -0.344. The van der Waals surface area contributed by atoms with Crippen molar-refractivity contribution in [1.29, 1.82) is 0 Å². The molecule has 1 N–H and O–H groups in total. The fourth-order valence-electron chi connectivity index (χ4n) is 2.52. The van der Waals surface area contributed by atoms with Crippen molar-refractivity contribution >= 4 is 11.0 Å². The molecule has 0 unspecified atom stereocenters. The summed E-state index contributed by atoms with van der Waals surface area (Å²) in [6.45, 7) is 0.296. The van der Waals surface area contributed by atoms with Gasteiger partial charge in [0.1, 0.15) is 11.3 Å². The average molecular weight is 321 g/mol. The highest BCUT2D eigenvalue weighted by molar-refractivity contribution is 5.74. The summed E-state index contributed by atoms with van der Waals surface area (Å²) in [4.78, 5) is 12.1. The van der Waals surface area contributed by atoms with Crippen LogP contribution in [0.15, 0.2) is 59.4 Å². The van der Waals surface area contributed by atoms with E-state index in [-0.39, 0.29) is 11.4 Å². The van der Waals surface area contributed by atoms with E-state index < -0.39 is 0 Å². The van der Waals surface area contributed by atoms with Crippen molar-refractivity contribution in [3.8, 4) is 11.3 Å². The van der Waals surface area contributed by atoms with Crippen molar-refractivity contribution in [1.82, 2.24) is 25.2 Å². The zero-order valence-electron chi connectivity index (χ0n) is 12.5. The Morgan fingerprint density at radius 3 is 2.88 bits per heavy atom. The van der Waals surface area contributed by atoms with E-state index in [2.05, 4.69) is 20.5 Å². The number of nitrogens with one attached hydrogen (secondary N) is 1. The standard InChI is InChI=1S/C17H12FN5O/c18-13-3-1-2-12(9-13)14-6-7-17(24)23(21-14)10-11-4-5-15-16(8-11)20-22-19-15/h1-9H,10H2,(H,19,20,22). The molecule has 2 heterocycles. The van der Waals surface area contributed by atoms with Crippen LogP contribution < -0.4 is 5.56 Å². The number of benzene rings is 2. The molecule has 4 aromatic rings. The summed E-state index contributed by atoms with van der Waals surface area (Å²) in [7, 11) is 0. The average Bonchev–Trinajstić information content (AvgIpc) is 3.04. The van der Waals surface area contributed by atoms with Crippen LogP contribution in [0.2, 0.25) is 0 Å². The number of H-pyrrole nitrogens is 1. The van der Waals surface area contributed by atoms with Gasteiger partial charge in [0, 0.05) is 11.6 Å². The molecule has 0 radical (unpaired) electrons. The third kappa shape index (κ3) is 2.67. The molecule has 0 saturated carbocycles. The Kier molecular flexibility index (Phi) is 3.38. The van der Waals surface area contributed by atoms with Crippen LogP contribution in [0.25, 0.3) is 22.3 Å². The van der Waals surface area contributed by atoms with E-state index in [0.717, 1.165) is 16.6 Å². The Balaban J connectivity index is 1.72. The minimum atomic E-state index is -0.344. The maximum Gasteiger partial charge on any atom is 0.267 e. The monoisotopic (exact) mass is 321 g/mol. The SMILES string of the molecule is O=c1ccc(-c2cccc(F)c2)nn1Cc1ccc2[nH]nnc2c1. The van der Waals surface area contributed by atoms with Crippen molar-refractivity contribution in [3.63, 3.8) is 0 Å². The van der Waals surface area contributed by atoms with Crippen molar-refractivity contribution in [3.05, 3.63) is 76.3 Å². The third-order valence-corrected chi connectivity index (χ3v) is 3.71. The van der Waals surface area contributed by atoms with Gasteiger partial charge in [-0.05, 0) is 35.9 Å². The lowest BCUT2D eigenvalue weighted by Gasteiger charge is -2.07. The van der Waals surface area contributed by atoms with Crippen molar-refractivity contribution in [2.45, 2.75) is 6.54 Å². The number of halogens is 1. The summed E-state index contributed by atoms with van der Waals surface area (Å²) in [5, 5.41) is 14.8. The molecule has 4 rings (SSSR count). The molecule has 2 aromatic heterocycles. The summed E-state index contributed by atoms with van der Waals surface area (Å²) >= 11 is 0. The highest BCUT2D eigenvalue weighted by Gasteiger charge is 2.06. The van der Waals surface area contributed by atoms with Crippen LogP contribution >= 0.6 is 0 Å². The van der Waals surface area contributed by atoms with Gasteiger partial charge in [-0.2, -0.15) is 5.10 Å². The molecule has 0 fully saturated rings. The van der Waals surface area contributed by atoms with Crippen LogP contribution in [0.1, 0.15) is 5.56 Å². The van der Waals surface area contributed by atoms with Crippen LogP contribution in [0.4, 0.5) is 4.39 Å². The molecule has 2 aromatic carbocycles. The number of rotatable bonds is 3. The van der Waals surface area contributed by atoms with E-state index in [0.29, 0.717) is 17.8 Å². The molecule has 6 nitrogen and oxygen atoms in total. The molecule has 0 saturated heterocycles. The Labute approximate surface area is 135 Å². The van der Waals surface area contributed by atoms with Crippen molar-refractivity contribution in [2.24, 2.45) is 0 Å². The normalized spacial score (nSPS) is 11.0. The number of fused-ring (bicyclic) bond motifs is 1. The van der Waals surface area contributed by atoms with Gasteiger partial charge < -0.3 is 0 Å². The Morgan fingerprint density at radius 2 is 2.00 bits per heavy atom. The highest BCUT2D eigenvalue weighted by Crippen LogP contribution is 2.17. The molecule has 24 heavy (non-hydrogen) atoms. The molecule has 0 aliphatic heterocycles. The minimum Gasteiger partial charge on any atom is -0.268 e. The minimum absolute atomic E-state index is 0.226. The second kappa shape index (κ2) is 5.69. The van der Waals surface area contributed by atoms with E-state index in [1.54, 1.807) is 18.2 Å². The lowest BCUT2D eigenvalue weighted by Crippen LogP contribution is -2.22. The lowest BCUT2D eigenvalue weighted by molar-refractivity contribution is 0.626. The first-order chi connectivity index (χ1) is 11.7. The molecular weight excluding hydrogens is 309 g/mol. The van der Waals surface area contributed by atoms with Gasteiger partial charge in [0.25, 0.3) is 5.56 Å². The van der Waals surface area contributed by atoms with Crippen LogP contribution in [-0.4, -0.2) is 25.2 Å². The quantitative estimate of drug-likeness (QED) is 0.628. The predicted octanol–water partition coefficient (Wildman–Crippen LogP) is 2.37. The maximum absolute atomic E-state index is 13.4. The van der Waals surface area contributed by atoms with Gasteiger partial charge in [-0.3, -0.25) is 9.89 Å². The molecule has 118 valence electrons. The van der Waals surface area contributed by atoms with E-state index in [1.165, 1.54) is 22.9 Å². The topological polar surface area (TPSA) is 76.5 Å². The van der Waals surface area contributed by atoms with Crippen LogP contribution in [0.3, 0.4) is 0 Å². The first-order valence-corrected chi connectivity index (χ1v) is 7.33. The van der Waals surface area contributed by atoms with Gasteiger partial charge in [0.2, 0.25) is 0 Å². The van der Waals surface area contributed by atoms with E-state index >= 15 is 0 Å². The lowest BCUT2D eigenvalue weighted by atomic mass is 10.1. The third-order valence-electron chi connectivity index (χ3n) is 3.71. The van der Waals surface area contributed by atoms with Crippen molar-refractivity contribution < 1.29 is 4.39 Å². The van der Waals surface area contributed by atoms with Crippen molar-refractivity contribution in [2.75, 3.05) is 0 Å². The molecule has 0 spiro atoms. The Hall–Kier alpha value is -3.35. The molecule has 0 atom stereocenters. The number of aromatic nitrogens is 5. The molecule has 0 amide bonds. The first-order valence-electron chi connectivity index (χ1n) is 7.33. The van der Waals surface area contributed by atoms with E-state index in [4.69, 9.17) is 0 Å². The molecule has 0 aliphatic carbocycles. The second-order valence-corrected chi connectivity index (χ2v) is 5.39. The zero-order chi connectivity index (χ0) is 16.5. The largest absolute Gasteiger partial charge is 0.268 e. The van der Waals surface area contributed by atoms with Gasteiger partial charge in [-0.15, -0.1) is 5.10 Å². The maximum atomic E-state index is 13.4. The van der Waals surface area contributed by atoms with Gasteiger partial charge in [-0.25, -0.2) is 9.07 Å². The smallest absolute Gasteiger partial charge is 0.267 e. The van der Waals surface area contributed by atoms with Crippen LogP contribution in [0.5, 0.6) is 0 Å². The molecule has 7 heteroatoms. The summed E-state index contributed by atoms with van der Waals surface area (Å²) in [6.07, 6.45) is 0. The fourth-order valence-corrected chi connectivity index (χ4v) is 2.52. The van der Waals surface area contributed by atoms with Gasteiger partial charge >= 0.3 is 0 Å². The highest BCUT2D eigenvalue weighted by atomic mass is 19.1. The van der Waals surface area contributed by atoms with E-state index in [9.17, 15) is 9.18 Å². The summed E-state index contributed by atoms with van der Waals surface area (Å²) in [6, 6.07) is 14.7. The fraction of sp³-hybridized carbons (Fsp3) is 0.0588. The predicted molar refractivity (Wildman–Crippen MR) is 86.9 cm³/mol. The number of hydrogen-bond donors (Lipinski definition) is 1. The van der Waals surface area contributed by atoms with Gasteiger partial charge in [-0.1, -0.05) is 23.4 Å². The Morgan fingerprint density at radius 1 is 1.08 bits per heavy atom. The first kappa shape index (κ1) is 14.3. The zero-order valence-corrected chi connectivity index (χ0v) is 12.5. The van der Waals surface area contributed by atoms with Gasteiger partial charge in [0.05, 0.1) is 17.8 Å². The Bertz CT molecular complexity index is 1090. The molecular formula is C17H12FN5O. The van der Waals surface area contributed by atoms with Crippen LogP contribution in [0, 0.1) is 5.82 Å². The summed E-state index contributed by atoms with van der Waals surface area (Å²) < 4.78 is 14.7. The van der Waals surface area contributed by atoms with E-state index in [1.807, 2.05) is 18.2 Å².